The van der Waals surface area contributed by atoms with Crippen molar-refractivity contribution in [3.8, 4) is 5.69 Å². The number of halogens is 2. The van der Waals surface area contributed by atoms with Crippen LogP contribution in [0.5, 0.6) is 0 Å². The Morgan fingerprint density at radius 1 is 1.33 bits per heavy atom. The second-order valence-electron chi connectivity index (χ2n) is 3.04. The molecule has 0 aliphatic carbocycles. The van der Waals surface area contributed by atoms with Gasteiger partial charge in [0.2, 0.25) is 0 Å². The lowest BCUT2D eigenvalue weighted by Gasteiger charge is -2.05. The number of nitrogens with zero attached hydrogens (tertiary/aromatic N) is 3. The molecule has 0 atom stereocenters. The van der Waals surface area contributed by atoms with Crippen molar-refractivity contribution in [2.45, 2.75) is 13.3 Å². The summed E-state index contributed by atoms with van der Waals surface area (Å²) in [4.78, 5) is 3.97. The third-order valence-corrected chi connectivity index (χ3v) is 2.07. The molecule has 0 radical (unpaired) electrons. The Balaban J connectivity index is 2.54. The maximum absolute atomic E-state index is 13.4. The van der Waals surface area contributed by atoms with E-state index in [0.717, 1.165) is 6.07 Å². The molecule has 0 saturated heterocycles. The summed E-state index contributed by atoms with van der Waals surface area (Å²) < 4.78 is 27.5. The highest BCUT2D eigenvalue weighted by Crippen LogP contribution is 2.14. The van der Waals surface area contributed by atoms with Crippen LogP contribution >= 0.6 is 0 Å². The van der Waals surface area contributed by atoms with Crippen LogP contribution in [0.1, 0.15) is 12.7 Å². The summed E-state index contributed by atoms with van der Waals surface area (Å²) in [5, 5.41) is 3.89. The first-order valence-electron chi connectivity index (χ1n) is 4.56. The lowest BCUT2D eigenvalue weighted by atomic mass is 10.3. The molecule has 0 aliphatic rings. The van der Waals surface area contributed by atoms with Gasteiger partial charge in [0.05, 0.1) is 0 Å². The smallest absolute Gasteiger partial charge is 0.151 e. The van der Waals surface area contributed by atoms with Crippen LogP contribution in [-0.2, 0) is 6.42 Å². The van der Waals surface area contributed by atoms with Crippen LogP contribution in [0.25, 0.3) is 5.69 Å². The lowest BCUT2D eigenvalue weighted by Crippen LogP contribution is -2.04. The molecule has 0 aliphatic heterocycles. The fraction of sp³-hybridized carbons (Fsp3) is 0.200. The standard InChI is InChI=1S/C10H9F2N3/c1-2-10-13-6-14-15(10)9-4-3-7(11)5-8(9)12/h3-6H,2H2,1H3. The summed E-state index contributed by atoms with van der Waals surface area (Å²) in [6.45, 7) is 1.89. The molecule has 1 heterocycles. The van der Waals surface area contributed by atoms with Crippen molar-refractivity contribution in [1.82, 2.24) is 14.8 Å². The van der Waals surface area contributed by atoms with Gasteiger partial charge in [0.15, 0.2) is 5.82 Å². The molecule has 0 saturated carbocycles. The van der Waals surface area contributed by atoms with E-state index in [1.54, 1.807) is 0 Å². The molecular weight excluding hydrogens is 200 g/mol. The van der Waals surface area contributed by atoms with Crippen molar-refractivity contribution in [3.05, 3.63) is 42.0 Å². The van der Waals surface area contributed by atoms with Crippen LogP contribution < -0.4 is 0 Å². The van der Waals surface area contributed by atoms with Gasteiger partial charge >= 0.3 is 0 Å². The van der Waals surface area contributed by atoms with Crippen LogP contribution in [0, 0.1) is 11.6 Å². The average Bonchev–Trinajstić information content (AvgIpc) is 2.65. The van der Waals surface area contributed by atoms with Gasteiger partial charge in [-0.1, -0.05) is 6.92 Å². The SMILES string of the molecule is CCc1ncnn1-c1ccc(F)cc1F. The number of hydrogen-bond donors (Lipinski definition) is 0. The van der Waals surface area contributed by atoms with Crippen LogP contribution in [-0.4, -0.2) is 14.8 Å². The Morgan fingerprint density at radius 2 is 2.13 bits per heavy atom. The number of benzene rings is 1. The van der Waals surface area contributed by atoms with E-state index in [9.17, 15) is 8.78 Å². The Labute approximate surface area is 85.4 Å². The topological polar surface area (TPSA) is 30.7 Å². The summed E-state index contributed by atoms with van der Waals surface area (Å²) in [5.41, 5.74) is 0.214. The molecule has 78 valence electrons. The summed E-state index contributed by atoms with van der Waals surface area (Å²) in [6.07, 6.45) is 1.98. The van der Waals surface area contributed by atoms with Gasteiger partial charge in [-0.2, -0.15) is 5.10 Å². The van der Waals surface area contributed by atoms with Gasteiger partial charge in [-0.3, -0.25) is 0 Å². The third-order valence-electron chi connectivity index (χ3n) is 2.07. The molecule has 5 heteroatoms. The first kappa shape index (κ1) is 9.76. The molecular formula is C10H9F2N3. The van der Waals surface area contributed by atoms with Crippen molar-refractivity contribution in [3.63, 3.8) is 0 Å². The normalized spacial score (nSPS) is 10.6. The van der Waals surface area contributed by atoms with Gasteiger partial charge < -0.3 is 0 Å². The van der Waals surface area contributed by atoms with Gasteiger partial charge in [0.1, 0.15) is 23.7 Å². The van der Waals surface area contributed by atoms with Gasteiger partial charge in [0.25, 0.3) is 0 Å². The van der Waals surface area contributed by atoms with Gasteiger partial charge in [-0.05, 0) is 12.1 Å². The summed E-state index contributed by atoms with van der Waals surface area (Å²) >= 11 is 0. The van der Waals surface area contributed by atoms with Crippen molar-refractivity contribution in [2.75, 3.05) is 0 Å². The molecule has 0 bridgehead atoms. The van der Waals surface area contributed by atoms with Crippen LogP contribution in [0.2, 0.25) is 0 Å². The molecule has 15 heavy (non-hydrogen) atoms. The highest BCUT2D eigenvalue weighted by molar-refractivity contribution is 5.33. The van der Waals surface area contributed by atoms with Gasteiger partial charge in [-0.15, -0.1) is 0 Å². The van der Waals surface area contributed by atoms with E-state index in [4.69, 9.17) is 0 Å². The number of rotatable bonds is 2. The predicted molar refractivity (Wildman–Crippen MR) is 50.7 cm³/mol. The summed E-state index contributed by atoms with van der Waals surface area (Å²) in [7, 11) is 0. The minimum atomic E-state index is -0.643. The Bertz CT molecular complexity index is 479. The van der Waals surface area contributed by atoms with E-state index in [1.807, 2.05) is 6.92 Å². The van der Waals surface area contributed by atoms with E-state index in [-0.39, 0.29) is 5.69 Å². The largest absolute Gasteiger partial charge is 0.220 e. The maximum atomic E-state index is 13.4. The fourth-order valence-corrected chi connectivity index (χ4v) is 1.36. The predicted octanol–water partition coefficient (Wildman–Crippen LogP) is 2.11. The quantitative estimate of drug-likeness (QED) is 0.758. The first-order valence-corrected chi connectivity index (χ1v) is 4.56. The number of hydrogen-bond acceptors (Lipinski definition) is 2. The molecule has 0 spiro atoms. The highest BCUT2D eigenvalue weighted by Gasteiger charge is 2.10. The molecule has 1 aromatic carbocycles. The molecule has 0 amide bonds. The number of aryl methyl sites for hydroxylation is 1. The van der Waals surface area contributed by atoms with E-state index in [2.05, 4.69) is 10.1 Å². The Hall–Kier alpha value is -1.78. The van der Waals surface area contributed by atoms with E-state index < -0.39 is 11.6 Å². The van der Waals surface area contributed by atoms with E-state index in [0.29, 0.717) is 12.2 Å². The van der Waals surface area contributed by atoms with Crippen molar-refractivity contribution in [2.24, 2.45) is 0 Å². The van der Waals surface area contributed by atoms with Gasteiger partial charge in [0, 0.05) is 12.5 Å². The molecule has 1 aromatic heterocycles. The van der Waals surface area contributed by atoms with Crippen LogP contribution in [0.4, 0.5) is 8.78 Å². The monoisotopic (exact) mass is 209 g/mol. The van der Waals surface area contributed by atoms with Crippen molar-refractivity contribution in [1.29, 1.82) is 0 Å². The summed E-state index contributed by atoms with van der Waals surface area (Å²) in [5.74, 6) is -0.606. The minimum Gasteiger partial charge on any atom is -0.220 e. The molecule has 2 aromatic rings. The maximum Gasteiger partial charge on any atom is 0.151 e. The van der Waals surface area contributed by atoms with E-state index in [1.165, 1.54) is 23.1 Å². The van der Waals surface area contributed by atoms with Crippen molar-refractivity contribution < 1.29 is 8.78 Å². The molecule has 0 N–H and O–H groups in total. The zero-order valence-corrected chi connectivity index (χ0v) is 8.11. The second-order valence-corrected chi connectivity index (χ2v) is 3.04. The molecule has 0 fully saturated rings. The second kappa shape index (κ2) is 3.76. The van der Waals surface area contributed by atoms with Crippen LogP contribution in [0.15, 0.2) is 24.5 Å². The molecule has 2 rings (SSSR count). The Morgan fingerprint density at radius 3 is 2.80 bits per heavy atom. The first-order chi connectivity index (χ1) is 7.22. The summed E-state index contributed by atoms with van der Waals surface area (Å²) in [6, 6.07) is 3.37. The average molecular weight is 209 g/mol. The third kappa shape index (κ3) is 1.72. The van der Waals surface area contributed by atoms with E-state index >= 15 is 0 Å². The number of aromatic nitrogens is 3. The highest BCUT2D eigenvalue weighted by atomic mass is 19.1. The molecule has 0 unspecified atom stereocenters. The minimum absolute atomic E-state index is 0.214. The van der Waals surface area contributed by atoms with Crippen LogP contribution in [0.3, 0.4) is 0 Å². The zero-order chi connectivity index (χ0) is 10.8. The fourth-order valence-electron chi connectivity index (χ4n) is 1.36. The van der Waals surface area contributed by atoms with Crippen molar-refractivity contribution >= 4 is 0 Å². The van der Waals surface area contributed by atoms with Gasteiger partial charge in [-0.25, -0.2) is 18.4 Å². The molecule has 3 nitrogen and oxygen atoms in total. The zero-order valence-electron chi connectivity index (χ0n) is 8.11. The Kier molecular flexibility index (Phi) is 2.45. The lowest BCUT2D eigenvalue weighted by molar-refractivity contribution is 0.571.